The van der Waals surface area contributed by atoms with Gasteiger partial charge in [-0.2, -0.15) is 13.2 Å². The van der Waals surface area contributed by atoms with Crippen LogP contribution in [0, 0.1) is 6.92 Å². The number of nitrogens with one attached hydrogen (secondary N) is 1. The van der Waals surface area contributed by atoms with Crippen molar-refractivity contribution in [2.75, 3.05) is 6.61 Å². The van der Waals surface area contributed by atoms with Crippen LogP contribution in [0.4, 0.5) is 13.2 Å². The lowest BCUT2D eigenvalue weighted by Crippen LogP contribution is -2.28. The lowest BCUT2D eigenvalue weighted by atomic mass is 10.1. The van der Waals surface area contributed by atoms with Crippen molar-refractivity contribution in [1.29, 1.82) is 0 Å². The number of hydrogen-bond acceptors (Lipinski definition) is 3. The summed E-state index contributed by atoms with van der Waals surface area (Å²) in [5, 5.41) is 2.87. The smallest absolute Gasteiger partial charge is 0.422 e. The topological polar surface area (TPSA) is 51.2 Å². The summed E-state index contributed by atoms with van der Waals surface area (Å²) in [5.74, 6) is -0.158. The largest absolute Gasteiger partial charge is 0.483 e. The number of pyridine rings is 1. The maximum atomic E-state index is 12.5. The molecule has 0 fully saturated rings. The Morgan fingerprint density at radius 1 is 1.30 bits per heavy atom. The van der Waals surface area contributed by atoms with Gasteiger partial charge in [-0.25, -0.2) is 0 Å². The number of carbonyl (C=O) groups is 1. The fraction of sp³-hybridized carbons (Fsp3) is 0.300. The van der Waals surface area contributed by atoms with Gasteiger partial charge in [0.25, 0.3) is 0 Å². The number of fused-ring (bicyclic) bond motifs is 1. The fourth-order valence-electron chi connectivity index (χ4n) is 2.86. The number of nitrogens with zero attached hydrogens (tertiary/aromatic N) is 1. The Morgan fingerprint density at radius 2 is 2.07 bits per heavy atom. The number of halogens is 3. The van der Waals surface area contributed by atoms with E-state index < -0.39 is 12.8 Å². The van der Waals surface area contributed by atoms with Gasteiger partial charge in [0.15, 0.2) is 6.61 Å². The van der Waals surface area contributed by atoms with Crippen LogP contribution >= 0.6 is 0 Å². The Hall–Kier alpha value is -2.83. The molecule has 1 amide bonds. The van der Waals surface area contributed by atoms with Crippen LogP contribution in [-0.2, 0) is 11.2 Å². The first-order chi connectivity index (χ1) is 12.7. The molecule has 0 spiro atoms. The quantitative estimate of drug-likeness (QED) is 0.853. The molecular weight excluding hydrogens is 357 g/mol. The molecule has 3 rings (SSSR count). The van der Waals surface area contributed by atoms with E-state index in [0.29, 0.717) is 17.7 Å². The molecule has 0 radical (unpaired) electrons. The summed E-state index contributed by atoms with van der Waals surface area (Å²) in [6.07, 6.45) is -0.722. The molecule has 1 heterocycles. The van der Waals surface area contributed by atoms with Gasteiger partial charge >= 0.3 is 6.18 Å². The van der Waals surface area contributed by atoms with Crippen LogP contribution in [0.1, 0.15) is 35.3 Å². The van der Waals surface area contributed by atoms with E-state index >= 15 is 0 Å². The lowest BCUT2D eigenvalue weighted by Gasteiger charge is -2.15. The van der Waals surface area contributed by atoms with Gasteiger partial charge in [-0.15, -0.1) is 0 Å². The van der Waals surface area contributed by atoms with E-state index in [-0.39, 0.29) is 17.7 Å². The Bertz CT molecular complexity index is 874. The van der Waals surface area contributed by atoms with Crippen molar-refractivity contribution < 1.29 is 22.7 Å². The molecule has 2 aromatic rings. The second-order valence-corrected chi connectivity index (χ2v) is 6.57. The monoisotopic (exact) mass is 376 g/mol. The first kappa shape index (κ1) is 18.9. The number of alkyl halides is 3. The summed E-state index contributed by atoms with van der Waals surface area (Å²) >= 11 is 0. The second kappa shape index (κ2) is 7.42. The van der Waals surface area contributed by atoms with Gasteiger partial charge in [-0.3, -0.25) is 9.78 Å². The molecule has 0 aliphatic heterocycles. The second-order valence-electron chi connectivity index (χ2n) is 6.57. The van der Waals surface area contributed by atoms with Crippen molar-refractivity contribution in [2.45, 2.75) is 32.5 Å². The number of amides is 1. The summed E-state index contributed by atoms with van der Waals surface area (Å²) in [4.78, 5) is 16.6. The summed E-state index contributed by atoms with van der Waals surface area (Å²) in [6.45, 7) is 2.40. The van der Waals surface area contributed by atoms with Crippen LogP contribution < -0.4 is 10.1 Å². The highest BCUT2D eigenvalue weighted by molar-refractivity contribution is 6.00. The fourth-order valence-corrected chi connectivity index (χ4v) is 2.86. The minimum absolute atomic E-state index is 0.0268. The van der Waals surface area contributed by atoms with Crippen molar-refractivity contribution >= 4 is 12.0 Å². The summed E-state index contributed by atoms with van der Waals surface area (Å²) < 4.78 is 41.1. The average molecular weight is 376 g/mol. The molecule has 0 saturated carbocycles. The number of hydrogen-bond donors (Lipinski definition) is 1. The molecule has 1 atom stereocenters. The number of aryl methyl sites for hydroxylation is 1. The molecular formula is C20H19F3N2O2. The van der Waals surface area contributed by atoms with Crippen LogP contribution in [0.3, 0.4) is 0 Å². The van der Waals surface area contributed by atoms with Crippen LogP contribution in [0.2, 0.25) is 0 Å². The number of benzene rings is 1. The van der Waals surface area contributed by atoms with Gasteiger partial charge in [0.2, 0.25) is 5.91 Å². The third-order valence-electron chi connectivity index (χ3n) is 4.26. The van der Waals surface area contributed by atoms with Gasteiger partial charge in [-0.1, -0.05) is 23.8 Å². The van der Waals surface area contributed by atoms with Gasteiger partial charge in [0.1, 0.15) is 5.75 Å². The van der Waals surface area contributed by atoms with Crippen LogP contribution in [0.15, 0.2) is 42.1 Å². The van der Waals surface area contributed by atoms with Crippen molar-refractivity contribution in [2.24, 2.45) is 0 Å². The average Bonchev–Trinajstić information content (AvgIpc) is 3.03. The summed E-state index contributed by atoms with van der Waals surface area (Å²) in [6, 6.07) is 8.64. The first-order valence-electron chi connectivity index (χ1n) is 8.48. The predicted octanol–water partition coefficient (Wildman–Crippen LogP) is 4.15. The maximum absolute atomic E-state index is 12.5. The highest BCUT2D eigenvalue weighted by Gasteiger charge is 2.28. The van der Waals surface area contributed by atoms with Crippen molar-refractivity contribution in [3.63, 3.8) is 0 Å². The van der Waals surface area contributed by atoms with E-state index in [1.165, 1.54) is 18.3 Å². The van der Waals surface area contributed by atoms with E-state index in [4.69, 9.17) is 0 Å². The zero-order valence-electron chi connectivity index (χ0n) is 14.9. The third-order valence-corrected chi connectivity index (χ3v) is 4.26. The summed E-state index contributed by atoms with van der Waals surface area (Å²) in [7, 11) is 0. The Kier molecular flexibility index (Phi) is 5.21. The van der Waals surface area contributed by atoms with E-state index in [1.54, 1.807) is 6.92 Å². The van der Waals surface area contributed by atoms with E-state index in [0.717, 1.165) is 16.7 Å². The Morgan fingerprint density at radius 3 is 2.74 bits per heavy atom. The minimum atomic E-state index is -4.40. The molecule has 1 aliphatic rings. The maximum Gasteiger partial charge on any atom is 0.422 e. The molecule has 4 nitrogen and oxygen atoms in total. The van der Waals surface area contributed by atoms with Gasteiger partial charge in [0.05, 0.1) is 17.9 Å². The molecule has 0 unspecified atom stereocenters. The zero-order valence-corrected chi connectivity index (χ0v) is 14.9. The minimum Gasteiger partial charge on any atom is -0.483 e. The van der Waals surface area contributed by atoms with Crippen LogP contribution in [0.5, 0.6) is 5.75 Å². The molecule has 0 saturated heterocycles. The molecule has 1 aromatic heterocycles. The molecule has 27 heavy (non-hydrogen) atoms. The molecule has 0 bridgehead atoms. The number of carbonyl (C=O) groups excluding carboxylic acids is 1. The lowest BCUT2D eigenvalue weighted by molar-refractivity contribution is -0.153. The predicted molar refractivity (Wildman–Crippen MR) is 95.2 cm³/mol. The molecule has 142 valence electrons. The summed E-state index contributed by atoms with van der Waals surface area (Å²) in [5.41, 5.74) is 4.51. The molecule has 7 heteroatoms. The normalized spacial score (nSPS) is 14.3. The van der Waals surface area contributed by atoms with E-state index in [1.807, 2.05) is 31.2 Å². The Labute approximate surface area is 155 Å². The standard InChI is InChI=1S/C20H19F3N2O2/c1-12-3-4-14-8-16(9-15(14)7-12)19(26)25-13(2)18-6-5-17(10-24-18)27-11-20(21,22)23/h3-7,9-10,13H,8,11H2,1-2H3,(H,25,26)/t13-/m1/s1. The number of ether oxygens (including phenoxy) is 1. The van der Waals surface area contributed by atoms with Crippen molar-refractivity contribution in [3.05, 3.63) is 64.5 Å². The third kappa shape index (κ3) is 4.87. The highest BCUT2D eigenvalue weighted by Crippen LogP contribution is 2.26. The van der Waals surface area contributed by atoms with Crippen molar-refractivity contribution in [1.82, 2.24) is 10.3 Å². The van der Waals surface area contributed by atoms with Crippen LogP contribution in [-0.4, -0.2) is 23.7 Å². The molecule has 1 aromatic carbocycles. The molecule has 1 N–H and O–H groups in total. The Balaban J connectivity index is 1.60. The van der Waals surface area contributed by atoms with E-state index in [9.17, 15) is 18.0 Å². The SMILES string of the molecule is Cc1ccc2c(c1)C=C(C(=O)N[C@H](C)c1ccc(OCC(F)(F)F)cn1)C2. The van der Waals surface area contributed by atoms with Crippen molar-refractivity contribution in [3.8, 4) is 5.75 Å². The van der Waals surface area contributed by atoms with Crippen LogP contribution in [0.25, 0.3) is 6.08 Å². The van der Waals surface area contributed by atoms with E-state index in [2.05, 4.69) is 15.0 Å². The molecule has 1 aliphatic carbocycles. The number of rotatable bonds is 5. The van der Waals surface area contributed by atoms with Gasteiger partial charge < -0.3 is 10.1 Å². The number of aromatic nitrogens is 1. The van der Waals surface area contributed by atoms with Gasteiger partial charge in [-0.05, 0) is 43.2 Å². The van der Waals surface area contributed by atoms with Gasteiger partial charge in [0, 0.05) is 12.0 Å². The first-order valence-corrected chi connectivity index (χ1v) is 8.48. The zero-order chi connectivity index (χ0) is 19.6. The highest BCUT2D eigenvalue weighted by atomic mass is 19.4.